The largest absolute Gasteiger partial charge is 0.305 e. The Hall–Kier alpha value is -0.350. The molecule has 0 aromatic heterocycles. The van der Waals surface area contributed by atoms with Crippen molar-refractivity contribution in [3.8, 4) is 0 Å². The minimum absolute atomic E-state index is 0.127. The van der Waals surface area contributed by atoms with Crippen LogP contribution in [-0.2, 0) is 4.79 Å². The number of ketones is 1. The molecule has 2 unspecified atom stereocenters. The number of likely N-dealkylation sites (tertiary alicyclic amines) is 1. The van der Waals surface area contributed by atoms with Gasteiger partial charge in [0.25, 0.3) is 0 Å². The van der Waals surface area contributed by atoms with E-state index in [9.17, 15) is 4.79 Å². The van der Waals surface area contributed by atoms with Crippen molar-refractivity contribution in [2.24, 2.45) is 4.99 Å². The quantitative estimate of drug-likeness (QED) is 0.624. The Morgan fingerprint density at radius 3 is 3.15 bits per heavy atom. The molecule has 2 atom stereocenters. The molecule has 0 aliphatic carbocycles. The number of carbonyl (C=O) groups is 1. The molecule has 1 fully saturated rings. The second-order valence-electron chi connectivity index (χ2n) is 3.77. The van der Waals surface area contributed by atoms with Crippen LogP contribution in [0.15, 0.2) is 4.99 Å². The van der Waals surface area contributed by atoms with Crippen LogP contribution in [0.25, 0.3) is 0 Å². The molecule has 0 spiro atoms. The first-order valence-corrected chi connectivity index (χ1v) is 5.48. The Kier molecular flexibility index (Phi) is 2.43. The van der Waals surface area contributed by atoms with Crippen molar-refractivity contribution in [3.05, 3.63) is 0 Å². The lowest BCUT2D eigenvalue weighted by Crippen LogP contribution is -2.40. The van der Waals surface area contributed by atoms with Crippen LogP contribution < -0.4 is 0 Å². The summed E-state index contributed by atoms with van der Waals surface area (Å²) in [5, 5.41) is 1.27. The van der Waals surface area contributed by atoms with Crippen molar-refractivity contribution in [3.63, 3.8) is 0 Å². The number of rotatable bonds is 1. The standard InChI is InChI=1S/C9H14N2OS/c1-6(12)9-10-7-3-4-11(2)5-8(7)13-9/h7-8H,3-5H2,1-2H3. The zero-order valence-corrected chi connectivity index (χ0v) is 8.80. The normalized spacial score (nSPS) is 34.2. The van der Waals surface area contributed by atoms with E-state index in [0.717, 1.165) is 24.6 Å². The Labute approximate surface area is 82.6 Å². The maximum atomic E-state index is 11.1. The van der Waals surface area contributed by atoms with Crippen LogP contribution in [-0.4, -0.2) is 47.2 Å². The molecule has 0 radical (unpaired) electrons. The van der Waals surface area contributed by atoms with Gasteiger partial charge < -0.3 is 4.90 Å². The highest BCUT2D eigenvalue weighted by Crippen LogP contribution is 2.32. The minimum atomic E-state index is 0.127. The second-order valence-corrected chi connectivity index (χ2v) is 4.99. The highest BCUT2D eigenvalue weighted by atomic mass is 32.2. The van der Waals surface area contributed by atoms with Gasteiger partial charge in [-0.3, -0.25) is 9.79 Å². The van der Waals surface area contributed by atoms with Crippen LogP contribution in [0.1, 0.15) is 13.3 Å². The molecule has 0 bridgehead atoms. The molecule has 2 rings (SSSR count). The summed E-state index contributed by atoms with van der Waals surface area (Å²) in [5.41, 5.74) is 0. The lowest BCUT2D eigenvalue weighted by atomic mass is 10.1. The van der Waals surface area contributed by atoms with Crippen LogP contribution >= 0.6 is 11.8 Å². The van der Waals surface area contributed by atoms with E-state index in [1.807, 2.05) is 0 Å². The molecule has 0 saturated carbocycles. The van der Waals surface area contributed by atoms with Gasteiger partial charge in [0.2, 0.25) is 0 Å². The highest BCUT2D eigenvalue weighted by Gasteiger charge is 2.35. The van der Waals surface area contributed by atoms with Gasteiger partial charge in [-0.15, -0.1) is 0 Å². The summed E-state index contributed by atoms with van der Waals surface area (Å²) in [6.07, 6.45) is 1.10. The first-order chi connectivity index (χ1) is 6.16. The third kappa shape index (κ3) is 1.79. The van der Waals surface area contributed by atoms with E-state index >= 15 is 0 Å². The van der Waals surface area contributed by atoms with Gasteiger partial charge in [0.05, 0.1) is 6.04 Å². The van der Waals surface area contributed by atoms with Crippen molar-refractivity contribution >= 4 is 22.6 Å². The number of piperidine rings is 1. The number of Topliss-reactive ketones (excluding diaryl/α,β-unsaturated/α-hetero) is 1. The Bertz CT molecular complexity index is 264. The zero-order chi connectivity index (χ0) is 9.42. The van der Waals surface area contributed by atoms with E-state index in [1.165, 1.54) is 0 Å². The molecule has 4 heteroatoms. The molecule has 0 aromatic carbocycles. The van der Waals surface area contributed by atoms with Crippen LogP contribution in [0, 0.1) is 0 Å². The van der Waals surface area contributed by atoms with Crippen molar-refractivity contribution in [1.29, 1.82) is 0 Å². The van der Waals surface area contributed by atoms with Gasteiger partial charge in [-0.05, 0) is 20.0 Å². The average Bonchev–Trinajstić information content (AvgIpc) is 2.46. The molecule has 2 aliphatic rings. The summed E-state index contributed by atoms with van der Waals surface area (Å²) in [4.78, 5) is 17.9. The number of fused-ring (bicyclic) bond motifs is 1. The molecule has 0 amide bonds. The summed E-state index contributed by atoms with van der Waals surface area (Å²) < 4.78 is 0. The second kappa shape index (κ2) is 3.42. The van der Waals surface area contributed by atoms with Crippen LogP contribution in [0.4, 0.5) is 0 Å². The van der Waals surface area contributed by atoms with Crippen molar-refractivity contribution in [2.45, 2.75) is 24.6 Å². The summed E-state index contributed by atoms with van der Waals surface area (Å²) in [5.74, 6) is 0.127. The van der Waals surface area contributed by atoms with E-state index < -0.39 is 0 Å². The predicted molar refractivity (Wildman–Crippen MR) is 55.4 cm³/mol. The first-order valence-electron chi connectivity index (χ1n) is 4.61. The van der Waals surface area contributed by atoms with Gasteiger partial charge in [-0.2, -0.15) is 0 Å². The highest BCUT2D eigenvalue weighted by molar-refractivity contribution is 8.16. The number of hydrogen-bond donors (Lipinski definition) is 0. The van der Waals surface area contributed by atoms with E-state index in [1.54, 1.807) is 18.7 Å². The Balaban J connectivity index is 2.06. The average molecular weight is 198 g/mol. The van der Waals surface area contributed by atoms with Gasteiger partial charge in [-0.1, -0.05) is 11.8 Å². The molecule has 2 aliphatic heterocycles. The van der Waals surface area contributed by atoms with E-state index in [2.05, 4.69) is 16.9 Å². The lowest BCUT2D eigenvalue weighted by Gasteiger charge is -2.30. The predicted octanol–water partition coefficient (Wildman–Crippen LogP) is 0.793. The van der Waals surface area contributed by atoms with E-state index in [0.29, 0.717) is 11.3 Å². The van der Waals surface area contributed by atoms with Gasteiger partial charge >= 0.3 is 0 Å². The summed E-state index contributed by atoms with van der Waals surface area (Å²) in [6.45, 7) is 3.78. The van der Waals surface area contributed by atoms with Crippen LogP contribution in [0.5, 0.6) is 0 Å². The third-order valence-electron chi connectivity index (χ3n) is 2.57. The van der Waals surface area contributed by atoms with Gasteiger partial charge in [0, 0.05) is 18.7 Å². The summed E-state index contributed by atoms with van der Waals surface area (Å²) in [6, 6.07) is 0.403. The van der Waals surface area contributed by atoms with E-state index in [4.69, 9.17) is 0 Å². The monoisotopic (exact) mass is 198 g/mol. The van der Waals surface area contributed by atoms with E-state index in [-0.39, 0.29) is 5.78 Å². The third-order valence-corrected chi connectivity index (χ3v) is 3.96. The van der Waals surface area contributed by atoms with Crippen LogP contribution in [0.2, 0.25) is 0 Å². The summed E-state index contributed by atoms with van der Waals surface area (Å²) >= 11 is 1.67. The molecule has 0 N–H and O–H groups in total. The molecular formula is C9H14N2OS. The van der Waals surface area contributed by atoms with Crippen LogP contribution in [0.3, 0.4) is 0 Å². The van der Waals surface area contributed by atoms with Crippen molar-refractivity contribution in [2.75, 3.05) is 20.1 Å². The molecule has 72 valence electrons. The molecular weight excluding hydrogens is 184 g/mol. The number of hydrogen-bond acceptors (Lipinski definition) is 4. The fourth-order valence-corrected chi connectivity index (χ4v) is 3.15. The molecule has 0 aromatic rings. The number of aliphatic imine (C=N–C) groups is 1. The molecule has 3 nitrogen and oxygen atoms in total. The maximum absolute atomic E-state index is 11.1. The maximum Gasteiger partial charge on any atom is 0.184 e. The number of thioether (sulfide) groups is 1. The van der Waals surface area contributed by atoms with Gasteiger partial charge in [0.15, 0.2) is 5.78 Å². The molecule has 1 saturated heterocycles. The topological polar surface area (TPSA) is 32.7 Å². The zero-order valence-electron chi connectivity index (χ0n) is 7.99. The fourth-order valence-electron chi connectivity index (χ4n) is 1.82. The Morgan fingerprint density at radius 1 is 1.69 bits per heavy atom. The molecule has 13 heavy (non-hydrogen) atoms. The van der Waals surface area contributed by atoms with Crippen molar-refractivity contribution in [1.82, 2.24) is 4.90 Å². The summed E-state index contributed by atoms with van der Waals surface area (Å²) in [7, 11) is 2.13. The van der Waals surface area contributed by atoms with Crippen molar-refractivity contribution < 1.29 is 4.79 Å². The lowest BCUT2D eigenvalue weighted by molar-refractivity contribution is -0.110. The smallest absolute Gasteiger partial charge is 0.184 e. The first kappa shape index (κ1) is 9.21. The number of nitrogens with zero attached hydrogens (tertiary/aromatic N) is 2. The number of carbonyl (C=O) groups excluding carboxylic acids is 1. The Morgan fingerprint density at radius 2 is 2.46 bits per heavy atom. The van der Waals surface area contributed by atoms with Gasteiger partial charge in [-0.25, -0.2) is 0 Å². The SMILES string of the molecule is CC(=O)C1=NC2CCN(C)CC2S1. The minimum Gasteiger partial charge on any atom is -0.305 e. The fraction of sp³-hybridized carbons (Fsp3) is 0.778. The van der Waals surface area contributed by atoms with Gasteiger partial charge in [0.1, 0.15) is 5.04 Å². The molecule has 2 heterocycles.